The van der Waals surface area contributed by atoms with Gasteiger partial charge >= 0.3 is 0 Å². The molecule has 0 radical (unpaired) electrons. The van der Waals surface area contributed by atoms with Crippen LogP contribution < -0.4 is 15.9 Å². The van der Waals surface area contributed by atoms with Crippen LogP contribution in [0.1, 0.15) is 13.3 Å². The predicted octanol–water partition coefficient (Wildman–Crippen LogP) is 3.21. The van der Waals surface area contributed by atoms with Gasteiger partial charge in [0, 0.05) is 48.3 Å². The summed E-state index contributed by atoms with van der Waals surface area (Å²) in [7, 11) is 0. The van der Waals surface area contributed by atoms with E-state index in [0.29, 0.717) is 45.8 Å². The summed E-state index contributed by atoms with van der Waals surface area (Å²) in [5.41, 5.74) is 3.08. The molecule has 0 amide bonds. The second-order valence-corrected chi connectivity index (χ2v) is 10.1. The van der Waals surface area contributed by atoms with Gasteiger partial charge in [-0.2, -0.15) is 0 Å². The first-order valence-electron chi connectivity index (χ1n) is 11.7. The molecule has 10 heteroatoms. The molecule has 2 aliphatic heterocycles. The molecule has 176 valence electrons. The van der Waals surface area contributed by atoms with Gasteiger partial charge in [0.1, 0.15) is 28.1 Å². The minimum atomic E-state index is -0.325. The van der Waals surface area contributed by atoms with Crippen LogP contribution >= 0.6 is 11.3 Å². The van der Waals surface area contributed by atoms with E-state index in [4.69, 9.17) is 9.72 Å². The van der Waals surface area contributed by atoms with E-state index in [9.17, 15) is 9.59 Å². The first kappa shape index (κ1) is 20.6. The third-order valence-corrected chi connectivity index (χ3v) is 7.88. The summed E-state index contributed by atoms with van der Waals surface area (Å²) in [6.45, 7) is 4.19. The monoisotopic (exact) mass is 486 g/mol. The van der Waals surface area contributed by atoms with Gasteiger partial charge in [0.15, 0.2) is 0 Å². The number of thiazole rings is 1. The molecule has 2 aromatic carbocycles. The van der Waals surface area contributed by atoms with Gasteiger partial charge in [-0.15, -0.1) is 11.3 Å². The molecular weight excluding hydrogens is 464 g/mol. The zero-order valence-corrected chi connectivity index (χ0v) is 19.8. The van der Waals surface area contributed by atoms with Crippen LogP contribution in [-0.2, 0) is 6.54 Å². The number of aromatic nitrogens is 5. The molecule has 35 heavy (non-hydrogen) atoms. The number of nitrogens with one attached hydrogen (secondary N) is 2. The van der Waals surface area contributed by atoms with Gasteiger partial charge in [0.05, 0.1) is 23.0 Å². The molecule has 2 aliphatic rings. The third kappa shape index (κ3) is 3.24. The number of rotatable bonds is 1. The summed E-state index contributed by atoms with van der Waals surface area (Å²) in [5.74, 6) is 0.625. The van der Waals surface area contributed by atoms with Crippen molar-refractivity contribution in [3.8, 4) is 27.6 Å². The topological polar surface area (TPSA) is 109 Å². The molecule has 2 unspecified atom stereocenters. The van der Waals surface area contributed by atoms with E-state index in [1.54, 1.807) is 23.0 Å². The lowest BCUT2D eigenvalue weighted by Gasteiger charge is -2.21. The number of para-hydroxylation sites is 1. The Morgan fingerprint density at radius 2 is 2.11 bits per heavy atom. The zero-order chi connectivity index (χ0) is 23.7. The smallest absolute Gasteiger partial charge is 0.275 e. The second kappa shape index (κ2) is 7.62. The number of benzene rings is 2. The highest BCUT2D eigenvalue weighted by molar-refractivity contribution is 7.13. The average molecular weight is 487 g/mol. The molecular formula is C25H22N6O3S. The normalized spacial score (nSPS) is 21.6. The molecule has 7 rings (SSSR count). The van der Waals surface area contributed by atoms with Crippen molar-refractivity contribution < 1.29 is 4.74 Å². The minimum absolute atomic E-state index is 0.0290. The lowest BCUT2D eigenvalue weighted by atomic mass is 10.1. The van der Waals surface area contributed by atoms with E-state index in [-0.39, 0.29) is 22.9 Å². The molecule has 3 atom stereocenters. The summed E-state index contributed by atoms with van der Waals surface area (Å²) in [6.07, 6.45) is 2.60. The highest BCUT2D eigenvalue weighted by Gasteiger charge is 2.31. The highest BCUT2D eigenvalue weighted by atomic mass is 32.1. The Hall–Kier alpha value is -3.76. The van der Waals surface area contributed by atoms with Crippen LogP contribution in [0.2, 0.25) is 0 Å². The van der Waals surface area contributed by atoms with Crippen molar-refractivity contribution >= 4 is 33.3 Å². The Labute approximate surface area is 203 Å². The Kier molecular flexibility index (Phi) is 4.49. The van der Waals surface area contributed by atoms with Gasteiger partial charge in [0.25, 0.3) is 11.1 Å². The quantitative estimate of drug-likeness (QED) is 0.377. The summed E-state index contributed by atoms with van der Waals surface area (Å²) in [6, 6.07) is 9.57. The van der Waals surface area contributed by atoms with Crippen LogP contribution in [0.5, 0.6) is 5.75 Å². The maximum Gasteiger partial charge on any atom is 0.275 e. The summed E-state index contributed by atoms with van der Waals surface area (Å²) < 4.78 is 8.20. The van der Waals surface area contributed by atoms with Crippen molar-refractivity contribution in [1.82, 2.24) is 29.6 Å². The fourth-order valence-electron chi connectivity index (χ4n) is 5.31. The number of aromatic amines is 2. The number of hydrogen-bond donors (Lipinski definition) is 2. The Bertz CT molecular complexity index is 1720. The fourth-order valence-corrected chi connectivity index (χ4v) is 5.94. The summed E-state index contributed by atoms with van der Waals surface area (Å²) >= 11 is 1.53. The molecule has 3 aromatic heterocycles. The number of H-pyrrole nitrogens is 2. The lowest BCUT2D eigenvalue weighted by molar-refractivity contribution is 0.195. The highest BCUT2D eigenvalue weighted by Crippen LogP contribution is 2.35. The molecule has 2 N–H and O–H groups in total. The third-order valence-electron chi connectivity index (χ3n) is 7.05. The molecule has 5 aromatic rings. The van der Waals surface area contributed by atoms with Crippen LogP contribution in [0.25, 0.3) is 43.8 Å². The SMILES string of the molecule is C[C@@H]1CC2CN1CCn1[nH]c3c(cccc3c1=O)-c1nc3c(cc(-c4nccs4)cc3[nH]c1=O)O2. The van der Waals surface area contributed by atoms with Crippen molar-refractivity contribution in [3.05, 3.63) is 62.6 Å². The molecule has 1 fully saturated rings. The number of fused-ring (bicyclic) bond motifs is 5. The summed E-state index contributed by atoms with van der Waals surface area (Å²) in [5, 5.41) is 6.56. The maximum atomic E-state index is 13.3. The first-order valence-corrected chi connectivity index (χ1v) is 12.5. The van der Waals surface area contributed by atoms with E-state index >= 15 is 0 Å². The largest absolute Gasteiger partial charge is 0.487 e. The van der Waals surface area contributed by atoms with E-state index in [0.717, 1.165) is 30.1 Å². The van der Waals surface area contributed by atoms with Gasteiger partial charge in [-0.3, -0.25) is 24.3 Å². The maximum absolute atomic E-state index is 13.3. The van der Waals surface area contributed by atoms with E-state index < -0.39 is 0 Å². The van der Waals surface area contributed by atoms with Crippen molar-refractivity contribution in [2.75, 3.05) is 13.1 Å². The van der Waals surface area contributed by atoms with E-state index in [2.05, 4.69) is 26.9 Å². The lowest BCUT2D eigenvalue weighted by Crippen LogP contribution is -2.33. The Balaban J connectivity index is 1.53. The van der Waals surface area contributed by atoms with Crippen LogP contribution in [0, 0.1) is 0 Å². The van der Waals surface area contributed by atoms with Crippen molar-refractivity contribution in [2.45, 2.75) is 32.0 Å². The molecule has 5 heterocycles. The van der Waals surface area contributed by atoms with Crippen LogP contribution in [0.3, 0.4) is 0 Å². The molecule has 6 bridgehead atoms. The van der Waals surface area contributed by atoms with Crippen LogP contribution in [-0.4, -0.2) is 54.9 Å². The molecule has 0 spiro atoms. The second-order valence-electron chi connectivity index (χ2n) is 9.24. The van der Waals surface area contributed by atoms with Gasteiger partial charge in [0.2, 0.25) is 0 Å². The molecule has 0 saturated carbocycles. The van der Waals surface area contributed by atoms with Gasteiger partial charge in [-0.25, -0.2) is 9.97 Å². The number of nitrogens with zero attached hydrogens (tertiary/aromatic N) is 4. The van der Waals surface area contributed by atoms with Gasteiger partial charge in [-0.05, 0) is 25.1 Å². The minimum Gasteiger partial charge on any atom is -0.487 e. The first-order chi connectivity index (χ1) is 17.0. The predicted molar refractivity (Wildman–Crippen MR) is 135 cm³/mol. The molecule has 0 aliphatic carbocycles. The number of hydrogen-bond acceptors (Lipinski definition) is 7. The average Bonchev–Trinajstić information content (AvgIpc) is 3.57. The van der Waals surface area contributed by atoms with Gasteiger partial charge < -0.3 is 9.72 Å². The number of ether oxygens (including phenoxy) is 1. The van der Waals surface area contributed by atoms with Crippen molar-refractivity contribution in [2.24, 2.45) is 0 Å². The van der Waals surface area contributed by atoms with Gasteiger partial charge in [-0.1, -0.05) is 12.1 Å². The Morgan fingerprint density at radius 1 is 1.20 bits per heavy atom. The van der Waals surface area contributed by atoms with Crippen LogP contribution in [0.4, 0.5) is 0 Å². The molecule has 1 saturated heterocycles. The van der Waals surface area contributed by atoms with Crippen molar-refractivity contribution in [3.63, 3.8) is 0 Å². The Morgan fingerprint density at radius 3 is 2.97 bits per heavy atom. The van der Waals surface area contributed by atoms with E-state index in [1.165, 1.54) is 11.3 Å². The van der Waals surface area contributed by atoms with Crippen LogP contribution in [0.15, 0.2) is 51.5 Å². The molecule has 9 nitrogen and oxygen atoms in total. The standard InChI is InChI=1S/C25H22N6O3S/c1-13-9-15-12-30(13)6-7-31-25(33)17-4-2-3-16(20(17)29-31)21-23(32)27-18-10-14(24-26-5-8-35-24)11-19(34-15)22(18)28-21/h2-5,8,10-11,13,15,29H,6-7,9,12H2,1H3,(H,27,32)/t13-,15?/m1/s1. The zero-order valence-electron chi connectivity index (χ0n) is 18.9. The van der Waals surface area contributed by atoms with E-state index in [1.807, 2.05) is 23.6 Å². The summed E-state index contributed by atoms with van der Waals surface area (Å²) in [4.78, 5) is 41.0. The fraction of sp³-hybridized carbons (Fsp3) is 0.280. The van der Waals surface area contributed by atoms with Crippen molar-refractivity contribution in [1.29, 1.82) is 0 Å².